The Kier molecular flexibility index (Phi) is 4.49. The number of ether oxygens (including phenoxy) is 4. The fourth-order valence-electron chi connectivity index (χ4n) is 1.77. The van der Waals surface area contributed by atoms with Gasteiger partial charge in [-0.1, -0.05) is 0 Å². The maximum atomic E-state index is 12.0. The average Bonchev–Trinajstić information content (AvgIpc) is 2.84. The minimum Gasteiger partial charge on any atom is -0.495 e. The molecule has 1 atom stereocenters. The molecule has 1 aliphatic rings. The normalized spacial score (nSPS) is 17.6. The molecule has 1 saturated heterocycles. The first-order valence-corrected chi connectivity index (χ1v) is 6.65. The molecule has 1 aromatic carbocycles. The van der Waals surface area contributed by atoms with Crippen LogP contribution in [0.25, 0.3) is 0 Å². The molecule has 20 heavy (non-hydrogen) atoms. The summed E-state index contributed by atoms with van der Waals surface area (Å²) in [5, 5.41) is 0. The predicted molar refractivity (Wildman–Crippen MR) is 72.0 cm³/mol. The quantitative estimate of drug-likeness (QED) is 0.777. The summed E-state index contributed by atoms with van der Waals surface area (Å²) in [5.74, 6) is -0.275. The molecule has 6 nitrogen and oxygen atoms in total. The summed E-state index contributed by atoms with van der Waals surface area (Å²) in [6, 6.07) is 3.02. The average molecular weight is 345 g/mol. The minimum atomic E-state index is -0.844. The molecular weight excluding hydrogens is 332 g/mol. The van der Waals surface area contributed by atoms with E-state index in [1.807, 2.05) is 0 Å². The molecule has 108 valence electrons. The van der Waals surface area contributed by atoms with Gasteiger partial charge in [-0.25, -0.2) is 9.59 Å². The van der Waals surface area contributed by atoms with E-state index in [2.05, 4.69) is 15.9 Å². The number of carbonyl (C=O) groups excluding carboxylic acids is 2. The van der Waals surface area contributed by atoms with Crippen molar-refractivity contribution < 1.29 is 28.5 Å². The molecule has 0 saturated carbocycles. The van der Waals surface area contributed by atoms with Crippen LogP contribution in [0.4, 0.5) is 0 Å². The summed E-state index contributed by atoms with van der Waals surface area (Å²) < 4.78 is 20.7. The molecule has 0 aliphatic carbocycles. The molecule has 1 heterocycles. The van der Waals surface area contributed by atoms with E-state index in [0.29, 0.717) is 22.4 Å². The second-order valence-electron chi connectivity index (χ2n) is 4.04. The van der Waals surface area contributed by atoms with Gasteiger partial charge in [-0.3, -0.25) is 0 Å². The van der Waals surface area contributed by atoms with Gasteiger partial charge >= 0.3 is 11.9 Å². The molecule has 0 amide bonds. The lowest BCUT2D eigenvalue weighted by atomic mass is 10.2. The predicted octanol–water partition coefficient (Wildman–Crippen LogP) is 1.94. The van der Waals surface area contributed by atoms with Gasteiger partial charge in [0.05, 0.1) is 26.4 Å². The molecule has 1 aromatic rings. The van der Waals surface area contributed by atoms with E-state index >= 15 is 0 Å². The highest BCUT2D eigenvalue weighted by atomic mass is 79.9. The van der Waals surface area contributed by atoms with Gasteiger partial charge in [-0.2, -0.15) is 0 Å². The third-order valence-corrected chi connectivity index (χ3v) is 3.60. The van der Waals surface area contributed by atoms with Crippen LogP contribution in [0.2, 0.25) is 0 Å². The van der Waals surface area contributed by atoms with E-state index in [9.17, 15) is 9.59 Å². The molecule has 0 radical (unpaired) electrons. The van der Waals surface area contributed by atoms with Gasteiger partial charge in [-0.05, 0) is 28.1 Å². The van der Waals surface area contributed by atoms with Crippen LogP contribution in [0.15, 0.2) is 16.6 Å². The van der Waals surface area contributed by atoms with Crippen molar-refractivity contribution in [3.8, 4) is 11.5 Å². The Balaban J connectivity index is 2.23. The van der Waals surface area contributed by atoms with Gasteiger partial charge in [0.2, 0.25) is 6.10 Å². The first kappa shape index (κ1) is 14.6. The van der Waals surface area contributed by atoms with Crippen molar-refractivity contribution in [3.05, 3.63) is 22.2 Å². The lowest BCUT2D eigenvalue weighted by molar-refractivity contribution is -0.145. The fraction of sp³-hybridized carbons (Fsp3) is 0.385. The van der Waals surface area contributed by atoms with Crippen molar-refractivity contribution in [1.29, 1.82) is 0 Å². The second-order valence-corrected chi connectivity index (χ2v) is 4.84. The summed E-state index contributed by atoms with van der Waals surface area (Å²) in [5.41, 5.74) is 0.238. The van der Waals surface area contributed by atoms with E-state index < -0.39 is 18.0 Å². The summed E-state index contributed by atoms with van der Waals surface area (Å²) >= 11 is 3.31. The standard InChI is InChI=1S/C13H13BrO6/c1-17-9-5-7(6-10(18-2)11(9)14)12(15)20-8-3-4-19-13(8)16/h5-6,8H,3-4H2,1-2H3/t8-/m1/s1. The van der Waals surface area contributed by atoms with Crippen molar-refractivity contribution in [1.82, 2.24) is 0 Å². The van der Waals surface area contributed by atoms with Gasteiger partial charge in [0.1, 0.15) is 16.0 Å². The molecule has 0 unspecified atom stereocenters. The minimum absolute atomic E-state index is 0.238. The highest BCUT2D eigenvalue weighted by Crippen LogP contribution is 2.35. The van der Waals surface area contributed by atoms with Crippen LogP contribution >= 0.6 is 15.9 Å². The summed E-state index contributed by atoms with van der Waals surface area (Å²) in [6.07, 6.45) is -0.474. The van der Waals surface area contributed by atoms with Crippen LogP contribution in [0.1, 0.15) is 16.8 Å². The number of esters is 2. The number of hydrogen-bond donors (Lipinski definition) is 0. The van der Waals surface area contributed by atoms with Crippen molar-refractivity contribution in [3.63, 3.8) is 0 Å². The van der Waals surface area contributed by atoms with E-state index in [4.69, 9.17) is 18.9 Å². The second kappa shape index (κ2) is 6.13. The number of cyclic esters (lactones) is 1. The van der Waals surface area contributed by atoms with Gasteiger partial charge in [0, 0.05) is 6.42 Å². The van der Waals surface area contributed by atoms with Crippen molar-refractivity contribution in [2.45, 2.75) is 12.5 Å². The Morgan fingerprint density at radius 1 is 1.30 bits per heavy atom. The third-order valence-electron chi connectivity index (χ3n) is 2.82. The molecule has 0 N–H and O–H groups in total. The number of benzene rings is 1. The maximum Gasteiger partial charge on any atom is 0.347 e. The first-order valence-electron chi connectivity index (χ1n) is 5.86. The molecule has 7 heteroatoms. The smallest absolute Gasteiger partial charge is 0.347 e. The Morgan fingerprint density at radius 2 is 1.90 bits per heavy atom. The summed E-state index contributed by atoms with van der Waals surface area (Å²) in [6.45, 7) is 0.268. The zero-order valence-corrected chi connectivity index (χ0v) is 12.6. The Morgan fingerprint density at radius 3 is 2.35 bits per heavy atom. The molecule has 2 rings (SSSR count). The molecule has 0 aromatic heterocycles. The highest BCUT2D eigenvalue weighted by molar-refractivity contribution is 9.10. The number of carbonyl (C=O) groups is 2. The van der Waals surface area contributed by atoms with Crippen molar-refractivity contribution >= 4 is 27.9 Å². The number of rotatable bonds is 4. The van der Waals surface area contributed by atoms with Crippen molar-refractivity contribution in [2.75, 3.05) is 20.8 Å². The van der Waals surface area contributed by atoms with E-state index in [1.54, 1.807) is 0 Å². The van der Waals surface area contributed by atoms with E-state index in [1.165, 1.54) is 26.4 Å². The van der Waals surface area contributed by atoms with E-state index in [0.717, 1.165) is 0 Å². The number of halogens is 1. The van der Waals surface area contributed by atoms with Crippen LogP contribution < -0.4 is 9.47 Å². The zero-order valence-electron chi connectivity index (χ0n) is 11.0. The van der Waals surface area contributed by atoms with Crippen LogP contribution in [-0.2, 0) is 14.3 Å². The lowest BCUT2D eigenvalue weighted by Crippen LogP contribution is -2.22. The summed E-state index contributed by atoms with van der Waals surface area (Å²) in [7, 11) is 2.95. The van der Waals surface area contributed by atoms with Gasteiger partial charge in [-0.15, -0.1) is 0 Å². The van der Waals surface area contributed by atoms with Crippen molar-refractivity contribution in [2.24, 2.45) is 0 Å². The van der Waals surface area contributed by atoms with Gasteiger partial charge < -0.3 is 18.9 Å². The third kappa shape index (κ3) is 2.87. The SMILES string of the molecule is COc1cc(C(=O)O[C@@H]2CCOC2=O)cc(OC)c1Br. The molecule has 1 fully saturated rings. The van der Waals surface area contributed by atoms with E-state index in [-0.39, 0.29) is 12.2 Å². The number of hydrogen-bond acceptors (Lipinski definition) is 6. The van der Waals surface area contributed by atoms with Crippen LogP contribution in [-0.4, -0.2) is 38.9 Å². The largest absolute Gasteiger partial charge is 0.495 e. The highest BCUT2D eigenvalue weighted by Gasteiger charge is 2.31. The molecule has 0 spiro atoms. The number of methoxy groups -OCH3 is 2. The monoisotopic (exact) mass is 344 g/mol. The van der Waals surface area contributed by atoms with Gasteiger partial charge in [0.25, 0.3) is 0 Å². The lowest BCUT2D eigenvalue weighted by Gasteiger charge is -2.12. The Bertz CT molecular complexity index is 517. The Labute approximate surface area is 124 Å². The Hall–Kier alpha value is -1.76. The first-order chi connectivity index (χ1) is 9.56. The maximum absolute atomic E-state index is 12.0. The molecular formula is C13H13BrO6. The fourth-order valence-corrected chi connectivity index (χ4v) is 2.32. The van der Waals surface area contributed by atoms with Crippen LogP contribution in [0.3, 0.4) is 0 Å². The summed E-state index contributed by atoms with van der Waals surface area (Å²) in [4.78, 5) is 23.3. The van der Waals surface area contributed by atoms with Crippen LogP contribution in [0.5, 0.6) is 11.5 Å². The molecule has 0 bridgehead atoms. The van der Waals surface area contributed by atoms with Crippen LogP contribution in [0, 0.1) is 0 Å². The topological polar surface area (TPSA) is 71.1 Å². The molecule has 1 aliphatic heterocycles. The van der Waals surface area contributed by atoms with Gasteiger partial charge in [0.15, 0.2) is 0 Å². The zero-order chi connectivity index (χ0) is 14.7.